The molecule has 0 heterocycles. The monoisotopic (exact) mass is 253 g/mol. The zero-order valence-electron chi connectivity index (χ0n) is 10.7. The molecular formula is C14H20ClNO. The zero-order chi connectivity index (χ0) is 12.8. The normalized spacial score (nSPS) is 12.2. The minimum atomic E-state index is 0.0867. The molecule has 0 radical (unpaired) electrons. The molecule has 2 nitrogen and oxygen atoms in total. The van der Waals surface area contributed by atoms with Gasteiger partial charge in [0, 0.05) is 10.6 Å². The molecule has 0 aromatic heterocycles. The van der Waals surface area contributed by atoms with Crippen molar-refractivity contribution in [3.8, 4) is 5.75 Å². The highest BCUT2D eigenvalue weighted by Gasteiger charge is 2.16. The standard InChI is InChI=1S/C14H20ClNO/c1-5-8-16-14(10(2)3)12-9-11(15)6-7-13(12)17-4/h6-7,9,14,16H,2,5,8H2,1,3-4H3. The highest BCUT2D eigenvalue weighted by molar-refractivity contribution is 6.30. The maximum Gasteiger partial charge on any atom is 0.124 e. The van der Waals surface area contributed by atoms with Crippen LogP contribution in [0, 0.1) is 0 Å². The minimum absolute atomic E-state index is 0.0867. The van der Waals surface area contributed by atoms with Crippen LogP contribution in [-0.4, -0.2) is 13.7 Å². The first-order valence-electron chi connectivity index (χ1n) is 5.82. The van der Waals surface area contributed by atoms with E-state index in [4.69, 9.17) is 16.3 Å². The van der Waals surface area contributed by atoms with Crippen LogP contribution in [0.2, 0.25) is 5.02 Å². The fraction of sp³-hybridized carbons (Fsp3) is 0.429. The molecule has 1 N–H and O–H groups in total. The van der Waals surface area contributed by atoms with E-state index < -0.39 is 0 Å². The van der Waals surface area contributed by atoms with Gasteiger partial charge in [-0.15, -0.1) is 0 Å². The Balaban J connectivity index is 3.07. The first-order valence-corrected chi connectivity index (χ1v) is 6.20. The number of ether oxygens (including phenoxy) is 1. The number of halogens is 1. The van der Waals surface area contributed by atoms with Crippen molar-refractivity contribution < 1.29 is 4.74 Å². The van der Waals surface area contributed by atoms with Crippen molar-refractivity contribution in [1.82, 2.24) is 5.32 Å². The third kappa shape index (κ3) is 3.76. The molecule has 0 saturated heterocycles. The van der Waals surface area contributed by atoms with E-state index in [0.29, 0.717) is 5.02 Å². The van der Waals surface area contributed by atoms with Crippen LogP contribution >= 0.6 is 11.6 Å². The van der Waals surface area contributed by atoms with Crippen LogP contribution in [0.1, 0.15) is 31.9 Å². The molecule has 1 atom stereocenters. The summed E-state index contributed by atoms with van der Waals surface area (Å²) in [6.45, 7) is 9.11. The predicted octanol–water partition coefficient (Wildman–Crippen LogP) is 3.97. The largest absolute Gasteiger partial charge is 0.496 e. The first kappa shape index (κ1) is 14.1. The first-order chi connectivity index (χ1) is 8.10. The summed E-state index contributed by atoms with van der Waals surface area (Å²) in [6.07, 6.45) is 1.08. The Labute approximate surface area is 109 Å². The van der Waals surface area contributed by atoms with Crippen LogP contribution in [0.3, 0.4) is 0 Å². The predicted molar refractivity (Wildman–Crippen MR) is 73.9 cm³/mol. The maximum absolute atomic E-state index is 6.04. The lowest BCUT2D eigenvalue weighted by Crippen LogP contribution is -2.23. The molecule has 0 bridgehead atoms. The Kier molecular flexibility index (Phi) is 5.52. The Morgan fingerprint density at radius 2 is 2.24 bits per heavy atom. The SMILES string of the molecule is C=C(C)C(NCCC)c1cc(Cl)ccc1OC. The summed E-state index contributed by atoms with van der Waals surface area (Å²) in [6, 6.07) is 5.74. The lowest BCUT2D eigenvalue weighted by atomic mass is 10.00. The summed E-state index contributed by atoms with van der Waals surface area (Å²) in [5, 5.41) is 4.16. The smallest absolute Gasteiger partial charge is 0.124 e. The molecule has 17 heavy (non-hydrogen) atoms. The van der Waals surface area contributed by atoms with Gasteiger partial charge in [0.05, 0.1) is 13.2 Å². The van der Waals surface area contributed by atoms with Gasteiger partial charge in [-0.05, 0) is 38.1 Å². The maximum atomic E-state index is 6.04. The van der Waals surface area contributed by atoms with E-state index >= 15 is 0 Å². The number of rotatable bonds is 6. The number of methoxy groups -OCH3 is 1. The van der Waals surface area contributed by atoms with E-state index in [0.717, 1.165) is 29.9 Å². The van der Waals surface area contributed by atoms with Gasteiger partial charge in [-0.1, -0.05) is 30.7 Å². The van der Waals surface area contributed by atoms with Gasteiger partial charge in [-0.25, -0.2) is 0 Å². The summed E-state index contributed by atoms with van der Waals surface area (Å²) >= 11 is 6.04. The summed E-state index contributed by atoms with van der Waals surface area (Å²) in [5.41, 5.74) is 2.10. The van der Waals surface area contributed by atoms with Crippen LogP contribution in [0.15, 0.2) is 30.4 Å². The Hall–Kier alpha value is -0.990. The second-order valence-electron chi connectivity index (χ2n) is 4.12. The molecule has 0 aliphatic carbocycles. The average Bonchev–Trinajstić information content (AvgIpc) is 2.29. The molecule has 1 unspecified atom stereocenters. The quantitative estimate of drug-likeness (QED) is 0.775. The number of nitrogens with one attached hydrogen (secondary N) is 1. The van der Waals surface area contributed by atoms with Crippen molar-refractivity contribution in [1.29, 1.82) is 0 Å². The van der Waals surface area contributed by atoms with Crippen LogP contribution in [0.4, 0.5) is 0 Å². The molecule has 0 amide bonds. The topological polar surface area (TPSA) is 21.3 Å². The van der Waals surface area contributed by atoms with E-state index in [1.807, 2.05) is 25.1 Å². The number of hydrogen-bond acceptors (Lipinski definition) is 2. The molecule has 0 spiro atoms. The van der Waals surface area contributed by atoms with Gasteiger partial charge < -0.3 is 10.1 Å². The lowest BCUT2D eigenvalue weighted by molar-refractivity contribution is 0.403. The third-order valence-electron chi connectivity index (χ3n) is 2.59. The van der Waals surface area contributed by atoms with E-state index in [1.165, 1.54) is 0 Å². The Morgan fingerprint density at radius 1 is 1.53 bits per heavy atom. The van der Waals surface area contributed by atoms with E-state index in [2.05, 4.69) is 18.8 Å². The summed E-state index contributed by atoms with van der Waals surface area (Å²) in [7, 11) is 1.67. The fourth-order valence-corrected chi connectivity index (χ4v) is 1.95. The summed E-state index contributed by atoms with van der Waals surface area (Å²) in [4.78, 5) is 0. The molecule has 0 fully saturated rings. The van der Waals surface area contributed by atoms with Gasteiger partial charge in [-0.3, -0.25) is 0 Å². The van der Waals surface area contributed by atoms with Gasteiger partial charge in [0.25, 0.3) is 0 Å². The van der Waals surface area contributed by atoms with Crippen molar-refractivity contribution in [2.75, 3.05) is 13.7 Å². The molecule has 94 valence electrons. The van der Waals surface area contributed by atoms with E-state index in [1.54, 1.807) is 7.11 Å². The van der Waals surface area contributed by atoms with Gasteiger partial charge in [-0.2, -0.15) is 0 Å². The Bertz CT molecular complexity index is 390. The molecule has 1 aromatic rings. The van der Waals surface area contributed by atoms with Crippen LogP contribution in [0.5, 0.6) is 5.75 Å². The molecule has 1 rings (SSSR count). The fourth-order valence-electron chi connectivity index (χ4n) is 1.77. The minimum Gasteiger partial charge on any atom is -0.496 e. The highest BCUT2D eigenvalue weighted by atomic mass is 35.5. The molecule has 0 saturated carbocycles. The zero-order valence-corrected chi connectivity index (χ0v) is 11.5. The van der Waals surface area contributed by atoms with Crippen molar-refractivity contribution in [2.24, 2.45) is 0 Å². The number of benzene rings is 1. The molecule has 0 aliphatic heterocycles. The van der Waals surface area contributed by atoms with E-state index in [9.17, 15) is 0 Å². The van der Waals surface area contributed by atoms with Crippen molar-refractivity contribution >= 4 is 11.6 Å². The highest BCUT2D eigenvalue weighted by Crippen LogP contribution is 2.31. The summed E-state index contributed by atoms with van der Waals surface area (Å²) < 4.78 is 5.37. The van der Waals surface area contributed by atoms with E-state index in [-0.39, 0.29) is 6.04 Å². The van der Waals surface area contributed by atoms with Gasteiger partial charge in [0.15, 0.2) is 0 Å². The summed E-state index contributed by atoms with van der Waals surface area (Å²) in [5.74, 6) is 0.839. The van der Waals surface area contributed by atoms with Crippen molar-refractivity contribution in [3.63, 3.8) is 0 Å². The second kappa shape index (κ2) is 6.67. The third-order valence-corrected chi connectivity index (χ3v) is 2.83. The van der Waals surface area contributed by atoms with Gasteiger partial charge >= 0.3 is 0 Å². The van der Waals surface area contributed by atoms with Crippen LogP contribution < -0.4 is 10.1 Å². The second-order valence-corrected chi connectivity index (χ2v) is 4.56. The molecular weight excluding hydrogens is 234 g/mol. The molecule has 3 heteroatoms. The van der Waals surface area contributed by atoms with Gasteiger partial charge in [0.2, 0.25) is 0 Å². The number of hydrogen-bond donors (Lipinski definition) is 1. The average molecular weight is 254 g/mol. The van der Waals surface area contributed by atoms with Crippen LogP contribution in [-0.2, 0) is 0 Å². The van der Waals surface area contributed by atoms with Gasteiger partial charge in [0.1, 0.15) is 5.75 Å². The lowest BCUT2D eigenvalue weighted by Gasteiger charge is -2.21. The molecule has 1 aromatic carbocycles. The molecule has 0 aliphatic rings. The Morgan fingerprint density at radius 3 is 2.76 bits per heavy atom. The van der Waals surface area contributed by atoms with Crippen LogP contribution in [0.25, 0.3) is 0 Å². The van der Waals surface area contributed by atoms with Crippen molar-refractivity contribution in [2.45, 2.75) is 26.3 Å². The van der Waals surface area contributed by atoms with Crippen molar-refractivity contribution in [3.05, 3.63) is 40.9 Å².